The molecule has 0 aromatic heterocycles. The molecule has 0 radical (unpaired) electrons. The summed E-state index contributed by atoms with van der Waals surface area (Å²) in [6.07, 6.45) is -1.40. The fourth-order valence-corrected chi connectivity index (χ4v) is 7.73. The molecule has 1 N–H and O–H groups in total. The predicted octanol–water partition coefficient (Wildman–Crippen LogP) is 6.39. The number of carboxylic acids is 1. The zero-order chi connectivity index (χ0) is 30.9. The van der Waals surface area contributed by atoms with Crippen molar-refractivity contribution in [2.75, 3.05) is 10.8 Å². The van der Waals surface area contributed by atoms with E-state index in [1.807, 2.05) is 6.92 Å². The second-order valence-corrected chi connectivity index (χ2v) is 13.8. The maximum Gasteiger partial charge on any atom is 0.306 e. The molecule has 1 aliphatic carbocycles. The lowest BCUT2D eigenvalue weighted by Crippen LogP contribution is -2.58. The maximum absolute atomic E-state index is 14.2. The normalized spacial score (nSPS) is 21.4. The van der Waals surface area contributed by atoms with Crippen molar-refractivity contribution in [2.45, 2.75) is 62.1 Å². The molecule has 2 fully saturated rings. The molecule has 2 aliphatic rings. The standard InChI is InChI=1S/C31H31Cl2FN2O6S/c1-2-24(18-35(43(40,41)26-14-15-26)25-12-10-23(34)11-13-25)36-29(19-6-8-21(32)9-7-19)30(20-4-3-5-22(33)16-20)42-27(31(36)39)17-28(37)38/h3-13,16,24,26-27,29-30H,2,14-15,17-18H2,1H3,(H,37,38)/t24?,27-,29?,30+/m0/s1. The van der Waals surface area contributed by atoms with Gasteiger partial charge in [0, 0.05) is 10.0 Å². The molecule has 1 saturated carbocycles. The Morgan fingerprint density at radius 1 is 1.05 bits per heavy atom. The molecule has 1 saturated heterocycles. The quantitative estimate of drug-likeness (QED) is 0.258. The highest BCUT2D eigenvalue weighted by Crippen LogP contribution is 2.45. The molecular formula is C31H31Cl2FN2O6S. The first-order chi connectivity index (χ1) is 20.5. The molecule has 0 bridgehead atoms. The Labute approximate surface area is 260 Å². The lowest BCUT2D eigenvalue weighted by Gasteiger charge is -2.48. The van der Waals surface area contributed by atoms with Crippen molar-refractivity contribution in [3.05, 3.63) is 99.8 Å². The fourth-order valence-electron chi connectivity index (χ4n) is 5.51. The van der Waals surface area contributed by atoms with Crippen LogP contribution in [0, 0.1) is 5.82 Å². The van der Waals surface area contributed by atoms with Crippen molar-refractivity contribution in [3.8, 4) is 0 Å². The van der Waals surface area contributed by atoms with Crippen LogP contribution in [0.15, 0.2) is 72.8 Å². The van der Waals surface area contributed by atoms with E-state index in [4.69, 9.17) is 27.9 Å². The first-order valence-electron chi connectivity index (χ1n) is 14.0. The second-order valence-electron chi connectivity index (χ2n) is 10.8. The van der Waals surface area contributed by atoms with Crippen LogP contribution >= 0.6 is 23.2 Å². The van der Waals surface area contributed by atoms with Crippen LogP contribution in [0.5, 0.6) is 0 Å². The summed E-state index contributed by atoms with van der Waals surface area (Å²) in [6, 6.07) is 17.5. The van der Waals surface area contributed by atoms with E-state index >= 15 is 0 Å². The number of aliphatic carboxylic acids is 1. The van der Waals surface area contributed by atoms with Crippen molar-refractivity contribution >= 4 is 50.8 Å². The van der Waals surface area contributed by atoms with Crippen molar-refractivity contribution in [1.82, 2.24) is 4.90 Å². The van der Waals surface area contributed by atoms with Gasteiger partial charge in [0.15, 0.2) is 0 Å². The van der Waals surface area contributed by atoms with E-state index in [-0.39, 0.29) is 12.2 Å². The van der Waals surface area contributed by atoms with Crippen LogP contribution in [0.2, 0.25) is 10.0 Å². The maximum atomic E-state index is 14.2. The van der Waals surface area contributed by atoms with Gasteiger partial charge in [-0.2, -0.15) is 0 Å². The van der Waals surface area contributed by atoms with Gasteiger partial charge in [-0.15, -0.1) is 0 Å². The number of nitrogens with zero attached hydrogens (tertiary/aromatic N) is 2. The van der Waals surface area contributed by atoms with Gasteiger partial charge in [-0.25, -0.2) is 12.8 Å². The number of carbonyl (C=O) groups excluding carboxylic acids is 1. The van der Waals surface area contributed by atoms with Crippen molar-refractivity contribution in [1.29, 1.82) is 0 Å². The van der Waals surface area contributed by atoms with E-state index in [2.05, 4.69) is 0 Å². The predicted molar refractivity (Wildman–Crippen MR) is 162 cm³/mol. The molecule has 1 aliphatic heterocycles. The van der Waals surface area contributed by atoms with E-state index in [0.717, 1.165) is 0 Å². The van der Waals surface area contributed by atoms with Crippen LogP contribution in [-0.2, 0) is 24.3 Å². The molecule has 3 aromatic carbocycles. The lowest BCUT2D eigenvalue weighted by molar-refractivity contribution is -0.183. The number of carbonyl (C=O) groups is 2. The molecule has 0 spiro atoms. The third-order valence-corrected chi connectivity index (χ3v) is 10.6. The third-order valence-electron chi connectivity index (χ3n) is 7.78. The largest absolute Gasteiger partial charge is 0.481 e. The van der Waals surface area contributed by atoms with E-state index < -0.39 is 63.7 Å². The first-order valence-corrected chi connectivity index (χ1v) is 16.2. The first kappa shape index (κ1) is 31.3. The van der Waals surface area contributed by atoms with Gasteiger partial charge in [0.05, 0.1) is 36.0 Å². The number of hydrogen-bond donors (Lipinski definition) is 1. The van der Waals surface area contributed by atoms with Gasteiger partial charge in [0.25, 0.3) is 5.91 Å². The Morgan fingerprint density at radius 2 is 1.72 bits per heavy atom. The third kappa shape index (κ3) is 6.82. The lowest BCUT2D eigenvalue weighted by atomic mass is 9.89. The molecule has 2 unspecified atom stereocenters. The highest BCUT2D eigenvalue weighted by atomic mass is 35.5. The summed E-state index contributed by atoms with van der Waals surface area (Å²) in [5.41, 5.74) is 1.56. The number of anilines is 1. The second kappa shape index (κ2) is 12.8. The molecule has 1 amide bonds. The Morgan fingerprint density at radius 3 is 2.30 bits per heavy atom. The van der Waals surface area contributed by atoms with Crippen LogP contribution in [-0.4, -0.2) is 54.2 Å². The Kier molecular flexibility index (Phi) is 9.31. The van der Waals surface area contributed by atoms with E-state index in [0.29, 0.717) is 40.4 Å². The fraction of sp³-hybridized carbons (Fsp3) is 0.355. The molecule has 4 atom stereocenters. The van der Waals surface area contributed by atoms with Gasteiger partial charge in [0.2, 0.25) is 10.0 Å². The smallest absolute Gasteiger partial charge is 0.306 e. The van der Waals surface area contributed by atoms with Crippen molar-refractivity contribution in [3.63, 3.8) is 0 Å². The van der Waals surface area contributed by atoms with Gasteiger partial charge >= 0.3 is 5.97 Å². The van der Waals surface area contributed by atoms with Gasteiger partial charge in [0.1, 0.15) is 18.0 Å². The summed E-state index contributed by atoms with van der Waals surface area (Å²) in [5, 5.41) is 10.0. The Balaban J connectivity index is 1.64. The topological polar surface area (TPSA) is 104 Å². The number of sulfonamides is 1. The average Bonchev–Trinajstić information content (AvgIpc) is 3.82. The van der Waals surface area contributed by atoms with E-state index in [9.17, 15) is 27.5 Å². The highest BCUT2D eigenvalue weighted by molar-refractivity contribution is 7.93. The number of carboxylic acid groups (broad SMARTS) is 1. The molecule has 8 nitrogen and oxygen atoms in total. The summed E-state index contributed by atoms with van der Waals surface area (Å²) in [7, 11) is -3.83. The number of ether oxygens (including phenoxy) is 1. The average molecular weight is 650 g/mol. The van der Waals surface area contributed by atoms with Crippen LogP contribution in [0.3, 0.4) is 0 Å². The van der Waals surface area contributed by atoms with Gasteiger partial charge in [-0.1, -0.05) is 54.4 Å². The van der Waals surface area contributed by atoms with Gasteiger partial charge < -0.3 is 14.7 Å². The van der Waals surface area contributed by atoms with Gasteiger partial charge in [-0.05, 0) is 78.9 Å². The minimum absolute atomic E-state index is 0.126. The zero-order valence-corrected chi connectivity index (χ0v) is 25.6. The monoisotopic (exact) mass is 648 g/mol. The molecule has 12 heteroatoms. The van der Waals surface area contributed by atoms with E-state index in [1.165, 1.54) is 28.6 Å². The minimum Gasteiger partial charge on any atom is -0.481 e. The summed E-state index contributed by atoms with van der Waals surface area (Å²) >= 11 is 12.5. The van der Waals surface area contributed by atoms with Crippen LogP contribution < -0.4 is 4.31 Å². The number of morpholine rings is 1. The highest BCUT2D eigenvalue weighted by Gasteiger charge is 2.49. The van der Waals surface area contributed by atoms with Crippen LogP contribution in [0.25, 0.3) is 0 Å². The van der Waals surface area contributed by atoms with Gasteiger partial charge in [-0.3, -0.25) is 13.9 Å². The van der Waals surface area contributed by atoms with E-state index in [1.54, 1.807) is 53.4 Å². The SMILES string of the molecule is CCC(CN(c1ccc(F)cc1)S(=O)(=O)C1CC1)N1C(=O)[C@H](CC(=O)O)O[C@H](c2cccc(Cl)c2)C1c1ccc(Cl)cc1. The molecule has 1 heterocycles. The summed E-state index contributed by atoms with van der Waals surface area (Å²) in [6.45, 7) is 1.71. The summed E-state index contributed by atoms with van der Waals surface area (Å²) in [5.74, 6) is -2.30. The van der Waals surface area contributed by atoms with Crippen LogP contribution in [0.1, 0.15) is 55.9 Å². The Hall–Kier alpha value is -3.18. The molecule has 228 valence electrons. The molecular weight excluding hydrogens is 618 g/mol. The summed E-state index contributed by atoms with van der Waals surface area (Å²) < 4.78 is 48.8. The Bertz CT molecular complexity index is 1580. The van der Waals surface area contributed by atoms with Crippen molar-refractivity contribution < 1.29 is 32.2 Å². The number of amides is 1. The number of benzene rings is 3. The van der Waals surface area contributed by atoms with Crippen molar-refractivity contribution in [2.24, 2.45) is 0 Å². The molecule has 43 heavy (non-hydrogen) atoms. The molecule has 3 aromatic rings. The zero-order valence-electron chi connectivity index (χ0n) is 23.3. The minimum atomic E-state index is -3.83. The number of hydrogen-bond acceptors (Lipinski definition) is 5. The summed E-state index contributed by atoms with van der Waals surface area (Å²) in [4.78, 5) is 27.6. The number of rotatable bonds is 11. The van der Waals surface area contributed by atoms with Crippen LogP contribution in [0.4, 0.5) is 10.1 Å². The molecule has 5 rings (SSSR count). The number of halogens is 3.